The van der Waals surface area contributed by atoms with Crippen LogP contribution >= 0.6 is 0 Å². The first-order chi connectivity index (χ1) is 15.1. The van der Waals surface area contributed by atoms with E-state index in [1.54, 1.807) is 36.3 Å². The predicted molar refractivity (Wildman–Crippen MR) is 118 cm³/mol. The zero-order valence-electron chi connectivity index (χ0n) is 16.9. The van der Waals surface area contributed by atoms with E-state index >= 15 is 0 Å². The summed E-state index contributed by atoms with van der Waals surface area (Å²) in [6, 6.07) is 16.5. The van der Waals surface area contributed by atoms with E-state index in [0.29, 0.717) is 36.6 Å². The van der Waals surface area contributed by atoms with Crippen molar-refractivity contribution in [1.29, 1.82) is 0 Å². The number of amides is 2. The van der Waals surface area contributed by atoms with Crippen LogP contribution in [0.5, 0.6) is 5.75 Å². The summed E-state index contributed by atoms with van der Waals surface area (Å²) in [6.07, 6.45) is 0.618. The molecule has 0 aliphatic carbocycles. The third kappa shape index (κ3) is 3.63. The Labute approximate surface area is 177 Å². The van der Waals surface area contributed by atoms with Crippen LogP contribution in [0.4, 0.5) is 10.5 Å². The van der Waals surface area contributed by atoms with Crippen LogP contribution in [0.25, 0.3) is 22.3 Å². The van der Waals surface area contributed by atoms with Gasteiger partial charge in [-0.1, -0.05) is 18.2 Å². The lowest BCUT2D eigenvalue weighted by molar-refractivity contribution is 0.205. The Bertz CT molecular complexity index is 1320. The normalized spacial score (nSPS) is 13.1. The van der Waals surface area contributed by atoms with Gasteiger partial charge < -0.3 is 24.9 Å². The Morgan fingerprint density at radius 3 is 2.74 bits per heavy atom. The minimum Gasteiger partial charge on any atom is -0.497 e. The average Bonchev–Trinajstić information content (AvgIpc) is 3.22. The van der Waals surface area contributed by atoms with Crippen LogP contribution < -0.4 is 15.6 Å². The summed E-state index contributed by atoms with van der Waals surface area (Å²) in [6.45, 7) is 0.948. The molecule has 0 spiro atoms. The van der Waals surface area contributed by atoms with Crippen molar-refractivity contribution in [3.63, 3.8) is 0 Å². The van der Waals surface area contributed by atoms with Crippen LogP contribution in [0, 0.1) is 0 Å². The fourth-order valence-corrected chi connectivity index (χ4v) is 3.79. The lowest BCUT2D eigenvalue weighted by Gasteiger charge is -2.26. The molecule has 0 saturated heterocycles. The number of pyridine rings is 1. The summed E-state index contributed by atoms with van der Waals surface area (Å²) in [5, 5.41) is 3.84. The van der Waals surface area contributed by atoms with E-state index in [4.69, 9.17) is 4.74 Å². The Morgan fingerprint density at radius 2 is 1.94 bits per heavy atom. The van der Waals surface area contributed by atoms with Gasteiger partial charge in [-0.15, -0.1) is 0 Å². The molecule has 2 aromatic carbocycles. The zero-order chi connectivity index (χ0) is 21.4. The van der Waals surface area contributed by atoms with Gasteiger partial charge in [0, 0.05) is 24.2 Å². The summed E-state index contributed by atoms with van der Waals surface area (Å²) in [5.74, 6) is 1.25. The second-order valence-electron chi connectivity index (χ2n) is 7.44. The molecule has 8 heteroatoms. The standard InChI is InChI=1S/C23H21N5O3/c1-31-16-8-6-15(7-9-16)24-23(30)28-11-10-19-20(13-28)26-21(25-19)17-12-14-4-2-3-5-18(14)27-22(17)29/h2-9,12H,10-11,13H2,1H3,(H,24,30)(H,25,26)(H,27,29). The number of H-pyrrole nitrogens is 2. The Kier molecular flexibility index (Phi) is 4.66. The molecule has 0 bridgehead atoms. The molecule has 0 radical (unpaired) electrons. The second kappa shape index (κ2) is 7.64. The molecule has 156 valence electrons. The van der Waals surface area contributed by atoms with Crippen LogP contribution in [0.3, 0.4) is 0 Å². The highest BCUT2D eigenvalue weighted by Crippen LogP contribution is 2.23. The van der Waals surface area contributed by atoms with E-state index in [-0.39, 0.29) is 11.6 Å². The average molecular weight is 415 g/mol. The second-order valence-corrected chi connectivity index (χ2v) is 7.44. The Morgan fingerprint density at radius 1 is 1.13 bits per heavy atom. The molecule has 3 heterocycles. The largest absolute Gasteiger partial charge is 0.497 e. The van der Waals surface area contributed by atoms with Gasteiger partial charge in [0.1, 0.15) is 11.6 Å². The molecule has 2 amide bonds. The van der Waals surface area contributed by atoms with Crippen molar-refractivity contribution in [2.75, 3.05) is 19.0 Å². The first-order valence-electron chi connectivity index (χ1n) is 10.0. The van der Waals surface area contributed by atoms with Crippen molar-refractivity contribution in [3.05, 3.63) is 76.3 Å². The predicted octanol–water partition coefficient (Wildman–Crippen LogP) is 3.52. The molecule has 1 aliphatic rings. The minimum absolute atomic E-state index is 0.185. The van der Waals surface area contributed by atoms with Crippen LogP contribution in [-0.2, 0) is 13.0 Å². The number of hydrogen-bond acceptors (Lipinski definition) is 4. The number of para-hydroxylation sites is 1. The highest BCUT2D eigenvalue weighted by Gasteiger charge is 2.24. The van der Waals surface area contributed by atoms with Gasteiger partial charge >= 0.3 is 6.03 Å². The molecule has 3 N–H and O–H groups in total. The minimum atomic E-state index is -0.195. The summed E-state index contributed by atoms with van der Waals surface area (Å²) in [7, 11) is 1.60. The van der Waals surface area contributed by atoms with Gasteiger partial charge in [-0.3, -0.25) is 4.79 Å². The number of fused-ring (bicyclic) bond motifs is 2. The fourth-order valence-electron chi connectivity index (χ4n) is 3.79. The lowest BCUT2D eigenvalue weighted by atomic mass is 10.1. The van der Waals surface area contributed by atoms with Crippen molar-refractivity contribution >= 4 is 22.6 Å². The number of rotatable bonds is 3. The number of hydrogen-bond donors (Lipinski definition) is 3. The first-order valence-corrected chi connectivity index (χ1v) is 10.0. The monoisotopic (exact) mass is 415 g/mol. The third-order valence-electron chi connectivity index (χ3n) is 5.47. The van der Waals surface area contributed by atoms with Crippen LogP contribution in [-0.4, -0.2) is 39.5 Å². The van der Waals surface area contributed by atoms with Gasteiger partial charge in [0.25, 0.3) is 5.56 Å². The molecule has 31 heavy (non-hydrogen) atoms. The molecule has 0 saturated carbocycles. The zero-order valence-corrected chi connectivity index (χ0v) is 16.9. The number of anilines is 1. The number of carbonyl (C=O) groups excluding carboxylic acids is 1. The summed E-state index contributed by atoms with van der Waals surface area (Å²) >= 11 is 0. The van der Waals surface area contributed by atoms with Crippen LogP contribution in [0.2, 0.25) is 0 Å². The van der Waals surface area contributed by atoms with Crippen LogP contribution in [0.15, 0.2) is 59.4 Å². The number of methoxy groups -OCH3 is 1. The molecule has 2 aromatic heterocycles. The van der Waals surface area contributed by atoms with E-state index in [0.717, 1.165) is 28.0 Å². The first kappa shape index (κ1) is 18.9. The highest BCUT2D eigenvalue weighted by molar-refractivity contribution is 5.89. The van der Waals surface area contributed by atoms with Crippen molar-refractivity contribution < 1.29 is 9.53 Å². The van der Waals surface area contributed by atoms with Crippen molar-refractivity contribution in [1.82, 2.24) is 19.9 Å². The van der Waals surface area contributed by atoms with E-state index < -0.39 is 0 Å². The number of imidazole rings is 1. The molecule has 8 nitrogen and oxygen atoms in total. The number of carbonyl (C=O) groups is 1. The number of nitrogens with zero attached hydrogens (tertiary/aromatic N) is 2. The maximum absolute atomic E-state index is 12.7. The Balaban J connectivity index is 1.36. The summed E-state index contributed by atoms with van der Waals surface area (Å²) in [5.41, 5.74) is 3.51. The van der Waals surface area contributed by atoms with Gasteiger partial charge in [0.05, 0.1) is 30.6 Å². The van der Waals surface area contributed by atoms with Crippen molar-refractivity contribution in [2.24, 2.45) is 0 Å². The van der Waals surface area contributed by atoms with E-state index in [2.05, 4.69) is 20.3 Å². The Hall–Kier alpha value is -4.07. The molecule has 5 rings (SSSR count). The van der Waals surface area contributed by atoms with E-state index in [9.17, 15) is 9.59 Å². The maximum atomic E-state index is 12.7. The third-order valence-corrected chi connectivity index (χ3v) is 5.47. The number of ether oxygens (including phenoxy) is 1. The van der Waals surface area contributed by atoms with Gasteiger partial charge in [-0.2, -0.15) is 0 Å². The molecular weight excluding hydrogens is 394 g/mol. The van der Waals surface area contributed by atoms with Crippen molar-refractivity contribution in [3.8, 4) is 17.1 Å². The fraction of sp³-hybridized carbons (Fsp3) is 0.174. The van der Waals surface area contributed by atoms with Gasteiger partial charge in [-0.25, -0.2) is 9.78 Å². The summed E-state index contributed by atoms with van der Waals surface area (Å²) < 4.78 is 5.14. The van der Waals surface area contributed by atoms with Crippen molar-refractivity contribution in [2.45, 2.75) is 13.0 Å². The maximum Gasteiger partial charge on any atom is 0.322 e. The molecule has 4 aromatic rings. The van der Waals surface area contributed by atoms with Crippen LogP contribution in [0.1, 0.15) is 11.4 Å². The molecule has 1 aliphatic heterocycles. The number of aromatic amines is 2. The smallest absolute Gasteiger partial charge is 0.322 e. The number of aromatic nitrogens is 3. The van der Waals surface area contributed by atoms with E-state index in [1.807, 2.05) is 30.3 Å². The van der Waals surface area contributed by atoms with E-state index in [1.165, 1.54) is 0 Å². The lowest BCUT2D eigenvalue weighted by Crippen LogP contribution is -2.38. The molecule has 0 fully saturated rings. The number of nitrogens with one attached hydrogen (secondary N) is 3. The summed E-state index contributed by atoms with van der Waals surface area (Å²) in [4.78, 5) is 37.8. The molecular formula is C23H21N5O3. The SMILES string of the molecule is COc1ccc(NC(=O)N2CCc3nc(-c4cc5ccccc5[nH]c4=O)[nH]c3C2)cc1. The molecule has 0 atom stereocenters. The topological polar surface area (TPSA) is 103 Å². The molecule has 0 unspecified atom stereocenters. The quantitative estimate of drug-likeness (QED) is 0.476. The highest BCUT2D eigenvalue weighted by atomic mass is 16.5. The number of urea groups is 1. The number of benzene rings is 2. The van der Waals surface area contributed by atoms with Gasteiger partial charge in [0.2, 0.25) is 0 Å². The van der Waals surface area contributed by atoms with Gasteiger partial charge in [0.15, 0.2) is 0 Å². The van der Waals surface area contributed by atoms with Gasteiger partial charge in [-0.05, 0) is 41.8 Å².